The highest BCUT2D eigenvalue weighted by atomic mass is 14.9. The molecule has 6 aromatic carbocycles. The van der Waals surface area contributed by atoms with Gasteiger partial charge in [-0.1, -0.05) is 171 Å². The van der Waals surface area contributed by atoms with E-state index in [0.717, 1.165) is 85.0 Å². The molecule has 3 atom stereocenters. The van der Waals surface area contributed by atoms with Crippen LogP contribution in [0.1, 0.15) is 168 Å². The van der Waals surface area contributed by atoms with E-state index in [0.29, 0.717) is 22.3 Å². The highest BCUT2D eigenvalue weighted by Gasteiger charge is 2.21. The van der Waals surface area contributed by atoms with Gasteiger partial charge in [0.1, 0.15) is 42.3 Å². The third kappa shape index (κ3) is 20.6. The van der Waals surface area contributed by atoms with E-state index >= 15 is 0 Å². The van der Waals surface area contributed by atoms with Gasteiger partial charge in [-0.05, 0) is 184 Å². The molecule has 0 N–H and O–H groups in total. The van der Waals surface area contributed by atoms with Crippen LogP contribution in [0.25, 0.3) is 67.5 Å². The molecule has 0 fully saturated rings. The van der Waals surface area contributed by atoms with Crippen LogP contribution >= 0.6 is 0 Å². The number of nitrogens with zero attached hydrogens (tertiary/aromatic N) is 6. The minimum Gasteiger partial charge on any atom is -0.201 e. The maximum atomic E-state index is 8.40. The van der Waals surface area contributed by atoms with Crippen molar-refractivity contribution in [3.05, 3.63) is 322 Å². The minimum atomic E-state index is -2.39. The highest BCUT2D eigenvalue weighted by Crippen LogP contribution is 2.30. The van der Waals surface area contributed by atoms with Gasteiger partial charge in [0.25, 0.3) is 0 Å². The smallest absolute Gasteiger partial charge is 0.201 e. The summed E-state index contributed by atoms with van der Waals surface area (Å²) in [6.07, 6.45) is 9.81. The third-order valence-electron chi connectivity index (χ3n) is 17.7. The molecule has 510 valence electrons. The summed E-state index contributed by atoms with van der Waals surface area (Å²) in [5.41, 5.74) is 24.1. The van der Waals surface area contributed by atoms with Gasteiger partial charge in [-0.15, -0.1) is 0 Å². The third-order valence-corrected chi connectivity index (χ3v) is 17.7. The van der Waals surface area contributed by atoms with E-state index in [2.05, 4.69) is 100 Å². The molecule has 12 rings (SSSR count). The maximum Gasteiger partial charge on any atom is 0.215 e. The fourth-order valence-corrected chi connectivity index (χ4v) is 11.8. The summed E-state index contributed by atoms with van der Waals surface area (Å²) in [6.45, 7) is 14.9. The van der Waals surface area contributed by atoms with E-state index in [9.17, 15) is 0 Å². The standard InChI is InChI=1S/3C16H20N.3C15H18N/c1-12(2)14-10-7-11-17(4)16(14)15-9-6-5-8-13(15)3;1-12(2)14-9-10-17(4)16(11-14)15-8-6-5-7-13(15)3;1-12(2)14-9-10-16(17(4)11-14)15-8-6-5-7-13(15)3;1-4-13-9-7-11-16(3)15(13)14-10-6-5-8-12(14)2;1-4-13-9-10-16(3)15(11-13)14-8-6-5-7-12(14)2;1-4-13-9-10-15(16(3)11-13)14-8-6-5-7-12(14)2/h3*5-12H,1-4H3;3*5-11H,4H2,1-3H3/q6*+1/i3*1D3,12D;4D2;;4D2. The lowest BCUT2D eigenvalue weighted by atomic mass is 9.94. The lowest BCUT2D eigenvalue weighted by Gasteiger charge is -2.11. The molecule has 0 aliphatic rings. The molecule has 6 nitrogen and oxygen atoms in total. The molecular formula is C93H114N6+6. The van der Waals surface area contributed by atoms with Crippen molar-refractivity contribution in [3.8, 4) is 67.5 Å². The van der Waals surface area contributed by atoms with E-state index in [-0.39, 0.29) is 0 Å². The summed E-state index contributed by atoms with van der Waals surface area (Å²) in [5, 5.41) is 0. The van der Waals surface area contributed by atoms with Crippen molar-refractivity contribution in [3.63, 3.8) is 0 Å². The maximum absolute atomic E-state index is 8.40. The molecule has 0 aliphatic heterocycles. The van der Waals surface area contributed by atoms with Crippen LogP contribution in [-0.2, 0) is 61.5 Å². The number of hydrogen-bond acceptors (Lipinski definition) is 0. The lowest BCUT2D eigenvalue weighted by molar-refractivity contribution is -0.661. The fraction of sp³-hybridized carbons (Fsp3) is 0.290. The van der Waals surface area contributed by atoms with Crippen molar-refractivity contribution < 1.29 is 49.3 Å². The minimum absolute atomic E-state index is 0.488. The van der Waals surface area contributed by atoms with Crippen molar-refractivity contribution >= 4 is 0 Å². The van der Waals surface area contributed by atoms with Gasteiger partial charge >= 0.3 is 0 Å². The predicted octanol–water partition coefficient (Wildman–Crippen LogP) is 20.0. The number of aryl methyl sites for hydroxylation is 15. The predicted molar refractivity (Wildman–Crippen MR) is 417 cm³/mol. The van der Waals surface area contributed by atoms with Crippen LogP contribution in [0, 0.1) is 41.5 Å². The molecule has 3 unspecified atom stereocenters. The molecule has 12 aromatic rings. The van der Waals surface area contributed by atoms with Crippen molar-refractivity contribution in [2.45, 2.75) is 140 Å². The normalized spacial score (nSPS) is 15.5. The summed E-state index contributed by atoms with van der Waals surface area (Å²) in [5.74, 6) is -4.91. The topological polar surface area (TPSA) is 23.3 Å². The van der Waals surface area contributed by atoms with Crippen molar-refractivity contribution in [1.82, 2.24) is 0 Å². The molecule has 0 amide bonds. The number of rotatable bonds is 12. The average Bonchev–Trinajstić information content (AvgIpc) is 0.764. The molecule has 6 aromatic heterocycles. The first-order chi connectivity index (χ1) is 53.5. The highest BCUT2D eigenvalue weighted by molar-refractivity contribution is 5.67. The molecular weight excluding hydrogens is 1200 g/mol. The summed E-state index contributed by atoms with van der Waals surface area (Å²) in [6, 6.07) is 71.4. The van der Waals surface area contributed by atoms with E-state index in [4.69, 9.17) is 21.9 Å². The van der Waals surface area contributed by atoms with Gasteiger partial charge in [0.15, 0.2) is 37.2 Å². The van der Waals surface area contributed by atoms with Gasteiger partial charge in [-0.3, -0.25) is 0 Å². The Bertz CT molecular complexity index is 5320. The fourth-order valence-electron chi connectivity index (χ4n) is 11.8. The number of hydrogen-bond donors (Lipinski definition) is 0. The molecule has 0 aliphatic carbocycles. The Morgan fingerprint density at radius 3 is 1.15 bits per heavy atom. The van der Waals surface area contributed by atoms with Crippen molar-refractivity contribution in [2.75, 3.05) is 0 Å². The first kappa shape index (κ1) is 56.1. The van der Waals surface area contributed by atoms with E-state index in [1.165, 1.54) is 54.3 Å². The largest absolute Gasteiger partial charge is 0.215 e. The van der Waals surface area contributed by atoms with E-state index in [1.54, 1.807) is 44.3 Å². The second-order valence-electron chi connectivity index (χ2n) is 25.2. The van der Waals surface area contributed by atoms with Gasteiger partial charge in [0.05, 0.1) is 0 Å². The van der Waals surface area contributed by atoms with Crippen molar-refractivity contribution in [2.24, 2.45) is 42.3 Å². The Morgan fingerprint density at radius 2 is 0.717 bits per heavy atom. The molecule has 6 heterocycles. The molecule has 0 radical (unpaired) electrons. The SMILES string of the molecule is CCc1cc[n+](C)c(-c2ccccc2C)c1.[2H]C([2H])(C)c1ccc(-c2ccccc2C)[n+](C)c1.[2H]C([2H])(C)c1ccc[n+](C)c1-c1ccccc1C.[2H]C([2H])([2H])C([2H])(C)c1cc[n+](C)c(-c2ccccc2C)c1.[2H]C([2H])([2H])C([2H])(C)c1ccc(-c2ccccc2C)[n+](C)c1.[2H]C([2H])([2H])C([2H])(C)c1ccc[n+](C)c1-c1ccccc1C. The van der Waals surface area contributed by atoms with Crippen LogP contribution in [0.4, 0.5) is 0 Å². The summed E-state index contributed by atoms with van der Waals surface area (Å²) >= 11 is 0. The Morgan fingerprint density at radius 1 is 0.323 bits per heavy atom. The zero-order chi connectivity index (χ0) is 85.7. The van der Waals surface area contributed by atoms with Crippen LogP contribution in [0.3, 0.4) is 0 Å². The van der Waals surface area contributed by atoms with Crippen LogP contribution in [-0.4, -0.2) is 0 Å². The van der Waals surface area contributed by atoms with Gasteiger partial charge in [0, 0.05) is 126 Å². The zero-order valence-electron chi connectivity index (χ0n) is 77.6. The van der Waals surface area contributed by atoms with E-state index < -0.39 is 51.0 Å². The Hall–Kier alpha value is -9.78. The van der Waals surface area contributed by atoms with Gasteiger partial charge < -0.3 is 0 Å². The summed E-state index contributed by atoms with van der Waals surface area (Å²) in [4.78, 5) is 0. The number of benzene rings is 6. The monoisotopic (exact) mass is 1330 g/mol. The van der Waals surface area contributed by atoms with Crippen LogP contribution in [0.2, 0.25) is 0 Å². The second kappa shape index (κ2) is 37.3. The quantitative estimate of drug-likeness (QED) is 0.109. The molecule has 6 heteroatoms. The van der Waals surface area contributed by atoms with Gasteiger partial charge in [0.2, 0.25) is 34.2 Å². The van der Waals surface area contributed by atoms with Crippen LogP contribution in [0.15, 0.2) is 256 Å². The Labute approximate surface area is 619 Å². The average molecular weight is 1330 g/mol. The van der Waals surface area contributed by atoms with Crippen LogP contribution in [0.5, 0.6) is 0 Å². The lowest BCUT2D eigenvalue weighted by Crippen LogP contribution is -2.32. The number of aromatic nitrogens is 6. The first-order valence-electron chi connectivity index (χ1n) is 41.8. The first-order valence-corrected chi connectivity index (χ1v) is 33.8. The van der Waals surface area contributed by atoms with Gasteiger partial charge in [-0.25, -0.2) is 27.4 Å². The molecule has 0 spiro atoms. The summed E-state index contributed by atoms with van der Waals surface area (Å²) < 4.78 is 137. The molecule has 0 bridgehead atoms. The van der Waals surface area contributed by atoms with Crippen molar-refractivity contribution in [1.29, 1.82) is 0 Å². The number of pyridine rings is 6. The summed E-state index contributed by atoms with van der Waals surface area (Å²) in [7, 11) is 11.7. The Balaban J connectivity index is 0.000000191. The van der Waals surface area contributed by atoms with E-state index in [1.807, 2.05) is 243 Å². The molecule has 99 heavy (non-hydrogen) atoms. The molecule has 0 saturated heterocycles. The van der Waals surface area contributed by atoms with Crippen LogP contribution < -0.4 is 27.4 Å². The Kier molecular flexibility index (Phi) is 21.1. The molecule has 0 saturated carbocycles. The second-order valence-corrected chi connectivity index (χ2v) is 25.2. The zero-order valence-corrected chi connectivity index (χ0v) is 61.6. The van der Waals surface area contributed by atoms with Gasteiger partial charge in [-0.2, -0.15) is 0 Å².